The summed E-state index contributed by atoms with van der Waals surface area (Å²) in [6.45, 7) is 0. The van der Waals surface area contributed by atoms with Crippen molar-refractivity contribution in [1.29, 1.82) is 0 Å². The summed E-state index contributed by atoms with van der Waals surface area (Å²) < 4.78 is 5.05. The van der Waals surface area contributed by atoms with Crippen LogP contribution in [0.3, 0.4) is 0 Å². The number of nitrogens with zero attached hydrogens (tertiary/aromatic N) is 1. The van der Waals surface area contributed by atoms with E-state index in [4.69, 9.17) is 15.3 Å². The summed E-state index contributed by atoms with van der Waals surface area (Å²) in [5.41, 5.74) is 6.68. The molecule has 0 bridgehead atoms. The number of carbonyl (C=O) groups is 1. The van der Waals surface area contributed by atoms with Crippen molar-refractivity contribution in [2.24, 2.45) is 0 Å². The highest BCUT2D eigenvalue weighted by Gasteiger charge is 2.22. The van der Waals surface area contributed by atoms with E-state index in [2.05, 4.69) is 4.98 Å². The standard InChI is InChI=1S/C9H8N2O4/c10-4-2-1-3-5-6(4)11-8(15-5)7(12)9(13)14/h1-3,7,12H,10H2,(H,13,14). The van der Waals surface area contributed by atoms with Crippen LogP contribution in [-0.2, 0) is 4.79 Å². The summed E-state index contributed by atoms with van der Waals surface area (Å²) in [5.74, 6) is -1.68. The van der Waals surface area contributed by atoms with Crippen LogP contribution in [0.25, 0.3) is 11.1 Å². The fourth-order valence-corrected chi connectivity index (χ4v) is 1.21. The van der Waals surface area contributed by atoms with E-state index in [9.17, 15) is 9.90 Å². The van der Waals surface area contributed by atoms with Gasteiger partial charge in [-0.25, -0.2) is 9.78 Å². The van der Waals surface area contributed by atoms with Crippen LogP contribution in [0.15, 0.2) is 22.6 Å². The van der Waals surface area contributed by atoms with Crippen LogP contribution >= 0.6 is 0 Å². The lowest BCUT2D eigenvalue weighted by Gasteiger charge is -1.96. The van der Waals surface area contributed by atoms with E-state index in [1.54, 1.807) is 18.2 Å². The molecular weight excluding hydrogens is 200 g/mol. The van der Waals surface area contributed by atoms with Crippen LogP contribution in [0.5, 0.6) is 0 Å². The predicted molar refractivity (Wildman–Crippen MR) is 51.0 cm³/mol. The lowest BCUT2D eigenvalue weighted by molar-refractivity contribution is -0.148. The highest BCUT2D eigenvalue weighted by atomic mass is 16.4. The second-order valence-corrected chi connectivity index (χ2v) is 2.99. The fourth-order valence-electron chi connectivity index (χ4n) is 1.21. The van der Waals surface area contributed by atoms with E-state index in [0.29, 0.717) is 16.8 Å². The van der Waals surface area contributed by atoms with E-state index in [1.165, 1.54) is 0 Å². The molecule has 78 valence electrons. The maximum Gasteiger partial charge on any atom is 0.342 e. The molecule has 0 saturated carbocycles. The average Bonchev–Trinajstić information content (AvgIpc) is 2.61. The number of rotatable bonds is 2. The number of aromatic nitrogens is 1. The molecule has 0 aliphatic rings. The normalized spacial score (nSPS) is 12.9. The molecule has 0 fully saturated rings. The number of nitrogens with two attached hydrogens (primary N) is 1. The van der Waals surface area contributed by atoms with Gasteiger partial charge in [0.2, 0.25) is 12.0 Å². The number of hydrogen-bond acceptors (Lipinski definition) is 5. The van der Waals surface area contributed by atoms with Crippen molar-refractivity contribution in [1.82, 2.24) is 4.98 Å². The second-order valence-electron chi connectivity index (χ2n) is 2.99. The van der Waals surface area contributed by atoms with Gasteiger partial charge in [0, 0.05) is 0 Å². The highest BCUT2D eigenvalue weighted by molar-refractivity contribution is 5.86. The molecule has 0 aliphatic carbocycles. The first kappa shape index (κ1) is 9.47. The van der Waals surface area contributed by atoms with E-state index in [0.717, 1.165) is 0 Å². The van der Waals surface area contributed by atoms with Gasteiger partial charge in [-0.3, -0.25) is 0 Å². The van der Waals surface area contributed by atoms with Gasteiger partial charge in [-0.2, -0.15) is 0 Å². The van der Waals surface area contributed by atoms with Crippen molar-refractivity contribution in [2.45, 2.75) is 6.10 Å². The SMILES string of the molecule is Nc1cccc2oc(C(O)C(=O)O)nc12. The number of fused-ring (bicyclic) bond motifs is 1. The van der Waals surface area contributed by atoms with Gasteiger partial charge in [0.05, 0.1) is 5.69 Å². The van der Waals surface area contributed by atoms with E-state index in [-0.39, 0.29) is 5.89 Å². The van der Waals surface area contributed by atoms with Gasteiger partial charge >= 0.3 is 5.97 Å². The Morgan fingerprint density at radius 3 is 2.87 bits per heavy atom. The zero-order valence-corrected chi connectivity index (χ0v) is 7.54. The van der Waals surface area contributed by atoms with Crippen LogP contribution in [0.1, 0.15) is 12.0 Å². The smallest absolute Gasteiger partial charge is 0.342 e. The number of oxazole rings is 1. The molecule has 4 N–H and O–H groups in total. The third-order valence-corrected chi connectivity index (χ3v) is 1.93. The third kappa shape index (κ3) is 1.50. The number of aliphatic hydroxyl groups excluding tert-OH is 1. The molecule has 0 aliphatic heterocycles. The molecule has 0 radical (unpaired) electrons. The van der Waals surface area contributed by atoms with Gasteiger partial charge in [-0.15, -0.1) is 0 Å². The molecule has 1 aromatic heterocycles. The van der Waals surface area contributed by atoms with Gasteiger partial charge in [-0.05, 0) is 12.1 Å². The molecule has 1 heterocycles. The third-order valence-electron chi connectivity index (χ3n) is 1.93. The molecule has 0 saturated heterocycles. The van der Waals surface area contributed by atoms with Crippen LogP contribution in [0, 0.1) is 0 Å². The number of nitrogen functional groups attached to an aromatic ring is 1. The first-order chi connectivity index (χ1) is 7.09. The topological polar surface area (TPSA) is 110 Å². The van der Waals surface area contributed by atoms with Gasteiger partial charge in [0.15, 0.2) is 5.58 Å². The summed E-state index contributed by atoms with van der Waals surface area (Å²) in [6.07, 6.45) is -1.77. The van der Waals surface area contributed by atoms with Crippen molar-refractivity contribution in [3.63, 3.8) is 0 Å². The Morgan fingerprint density at radius 2 is 2.27 bits per heavy atom. The van der Waals surface area contributed by atoms with Crippen LogP contribution in [0.2, 0.25) is 0 Å². The summed E-state index contributed by atoms with van der Waals surface area (Å²) in [4.78, 5) is 14.3. The van der Waals surface area contributed by atoms with Crippen LogP contribution in [-0.4, -0.2) is 21.2 Å². The molecule has 6 heteroatoms. The minimum atomic E-state index is -1.77. The molecule has 0 spiro atoms. The fraction of sp³-hybridized carbons (Fsp3) is 0.111. The number of hydrogen-bond donors (Lipinski definition) is 3. The Morgan fingerprint density at radius 1 is 1.53 bits per heavy atom. The van der Waals surface area contributed by atoms with Gasteiger partial charge < -0.3 is 20.4 Å². The Bertz CT molecular complexity index is 520. The Kier molecular flexibility index (Phi) is 2.05. The molecule has 15 heavy (non-hydrogen) atoms. The minimum Gasteiger partial charge on any atom is -0.479 e. The summed E-state index contributed by atoms with van der Waals surface area (Å²) >= 11 is 0. The molecule has 6 nitrogen and oxygen atoms in total. The van der Waals surface area contributed by atoms with Gasteiger partial charge in [0.1, 0.15) is 5.52 Å². The number of anilines is 1. The number of para-hydroxylation sites is 1. The quantitative estimate of drug-likeness (QED) is 0.621. The van der Waals surface area contributed by atoms with Crippen LogP contribution in [0.4, 0.5) is 5.69 Å². The lowest BCUT2D eigenvalue weighted by Crippen LogP contribution is -2.10. The minimum absolute atomic E-state index is 0.268. The van der Waals surface area contributed by atoms with Crippen molar-refractivity contribution in [2.75, 3.05) is 5.73 Å². The van der Waals surface area contributed by atoms with E-state index in [1.807, 2.05) is 0 Å². The molecule has 2 aromatic rings. The number of aliphatic hydroxyl groups is 1. The summed E-state index contributed by atoms with van der Waals surface area (Å²) in [6, 6.07) is 4.86. The van der Waals surface area contributed by atoms with E-state index >= 15 is 0 Å². The summed E-state index contributed by atoms with van der Waals surface area (Å²) in [5, 5.41) is 17.7. The first-order valence-electron chi connectivity index (χ1n) is 4.15. The molecule has 2 rings (SSSR count). The molecule has 0 amide bonds. The lowest BCUT2D eigenvalue weighted by atomic mass is 10.3. The monoisotopic (exact) mass is 208 g/mol. The van der Waals surface area contributed by atoms with Crippen molar-refractivity contribution >= 4 is 22.8 Å². The van der Waals surface area contributed by atoms with Crippen molar-refractivity contribution in [3.05, 3.63) is 24.1 Å². The van der Waals surface area contributed by atoms with Gasteiger partial charge in [0.25, 0.3) is 0 Å². The Balaban J connectivity index is 2.56. The first-order valence-corrected chi connectivity index (χ1v) is 4.15. The largest absolute Gasteiger partial charge is 0.479 e. The number of aliphatic carboxylic acids is 1. The van der Waals surface area contributed by atoms with Crippen molar-refractivity contribution in [3.8, 4) is 0 Å². The van der Waals surface area contributed by atoms with E-state index < -0.39 is 12.1 Å². The molecular formula is C9H8N2O4. The second kappa shape index (κ2) is 3.25. The maximum absolute atomic E-state index is 10.5. The number of carboxylic acid groups (broad SMARTS) is 1. The molecule has 1 unspecified atom stereocenters. The van der Waals surface area contributed by atoms with Gasteiger partial charge in [-0.1, -0.05) is 6.07 Å². The summed E-state index contributed by atoms with van der Waals surface area (Å²) in [7, 11) is 0. The molecule has 1 atom stereocenters. The predicted octanol–water partition coefficient (Wildman–Crippen LogP) is 0.528. The Labute approximate surface area is 83.9 Å². The zero-order chi connectivity index (χ0) is 11.0. The van der Waals surface area contributed by atoms with Crippen LogP contribution < -0.4 is 5.73 Å². The number of carboxylic acids is 1. The average molecular weight is 208 g/mol. The highest BCUT2D eigenvalue weighted by Crippen LogP contribution is 2.24. The van der Waals surface area contributed by atoms with Crippen molar-refractivity contribution < 1.29 is 19.4 Å². The maximum atomic E-state index is 10.5. The zero-order valence-electron chi connectivity index (χ0n) is 7.54. The Hall–Kier alpha value is -2.08. The number of benzene rings is 1. The molecule has 1 aromatic carbocycles.